The second-order valence-corrected chi connectivity index (χ2v) is 6.43. The molecule has 0 radical (unpaired) electrons. The molecular formula is C8H5BrClF3O2S. The molecule has 16 heavy (non-hydrogen) atoms. The van der Waals surface area contributed by atoms with Crippen molar-refractivity contribution >= 4 is 35.7 Å². The minimum Gasteiger partial charge on any atom is -0.207 e. The largest absolute Gasteiger partial charge is 0.416 e. The molecule has 0 aliphatic carbocycles. The van der Waals surface area contributed by atoms with Gasteiger partial charge in [0.25, 0.3) is 9.05 Å². The van der Waals surface area contributed by atoms with Crippen LogP contribution in [0.3, 0.4) is 0 Å². The zero-order chi connectivity index (χ0) is 12.7. The summed E-state index contributed by atoms with van der Waals surface area (Å²) < 4.78 is 59.6. The van der Waals surface area contributed by atoms with E-state index in [-0.39, 0.29) is 10.0 Å². The maximum Gasteiger partial charge on any atom is 0.416 e. The summed E-state index contributed by atoms with van der Waals surface area (Å²) in [4.78, 5) is -0.584. The Bertz CT molecular complexity index is 525. The minimum absolute atomic E-state index is 0.0431. The zero-order valence-electron chi connectivity index (χ0n) is 7.77. The molecule has 0 amide bonds. The monoisotopic (exact) mass is 336 g/mol. The number of benzene rings is 1. The number of rotatable bonds is 1. The second-order valence-electron chi connectivity index (χ2n) is 3.01. The third kappa shape index (κ3) is 2.89. The molecule has 0 fully saturated rings. The van der Waals surface area contributed by atoms with Gasteiger partial charge in [-0.2, -0.15) is 13.2 Å². The predicted octanol–water partition coefficient (Wildman–Crippen LogP) is 3.70. The van der Waals surface area contributed by atoms with Crippen LogP contribution in [0.5, 0.6) is 0 Å². The summed E-state index contributed by atoms with van der Waals surface area (Å²) in [6.07, 6.45) is -4.62. The molecule has 0 spiro atoms. The van der Waals surface area contributed by atoms with E-state index in [1.165, 1.54) is 6.92 Å². The molecule has 8 heteroatoms. The molecule has 1 aromatic carbocycles. The summed E-state index contributed by atoms with van der Waals surface area (Å²) in [5, 5.41) is 0. The maximum atomic E-state index is 12.5. The Kier molecular flexibility index (Phi) is 3.62. The van der Waals surface area contributed by atoms with Crippen LogP contribution in [0.25, 0.3) is 0 Å². The normalized spacial score (nSPS) is 12.9. The Morgan fingerprint density at radius 1 is 1.31 bits per heavy atom. The van der Waals surface area contributed by atoms with Crippen LogP contribution in [0, 0.1) is 6.92 Å². The van der Waals surface area contributed by atoms with Gasteiger partial charge in [-0.15, -0.1) is 0 Å². The molecule has 0 aromatic heterocycles. The van der Waals surface area contributed by atoms with Crippen molar-refractivity contribution < 1.29 is 21.6 Å². The van der Waals surface area contributed by atoms with E-state index in [0.29, 0.717) is 6.07 Å². The fourth-order valence-corrected chi connectivity index (χ4v) is 2.49. The molecule has 0 saturated carbocycles. The molecule has 0 N–H and O–H groups in total. The van der Waals surface area contributed by atoms with Crippen LogP contribution < -0.4 is 0 Å². The Morgan fingerprint density at radius 3 is 2.19 bits per heavy atom. The Hall–Kier alpha value is -0.270. The number of alkyl halides is 3. The molecular weight excluding hydrogens is 333 g/mol. The average Bonchev–Trinajstić information content (AvgIpc) is 2.05. The van der Waals surface area contributed by atoms with Gasteiger partial charge in [-0.05, 0) is 24.6 Å². The second kappa shape index (κ2) is 4.19. The van der Waals surface area contributed by atoms with E-state index in [2.05, 4.69) is 15.9 Å². The molecule has 2 nitrogen and oxygen atoms in total. The summed E-state index contributed by atoms with van der Waals surface area (Å²) in [7, 11) is 0.806. The summed E-state index contributed by atoms with van der Waals surface area (Å²) in [5.74, 6) is 0. The fraction of sp³-hybridized carbons (Fsp3) is 0.250. The van der Waals surface area contributed by atoms with Crippen molar-refractivity contribution in [1.82, 2.24) is 0 Å². The Balaban J connectivity index is 3.59. The van der Waals surface area contributed by atoms with Crippen LogP contribution in [-0.4, -0.2) is 8.42 Å². The van der Waals surface area contributed by atoms with Crippen LogP contribution in [-0.2, 0) is 15.2 Å². The number of halogens is 5. The van der Waals surface area contributed by atoms with Crippen LogP contribution >= 0.6 is 26.6 Å². The quantitative estimate of drug-likeness (QED) is 0.732. The molecule has 90 valence electrons. The van der Waals surface area contributed by atoms with E-state index in [9.17, 15) is 21.6 Å². The lowest BCUT2D eigenvalue weighted by Crippen LogP contribution is -2.09. The first-order chi connectivity index (χ1) is 7.03. The van der Waals surface area contributed by atoms with Crippen molar-refractivity contribution in [2.45, 2.75) is 18.0 Å². The SMILES string of the molecule is Cc1c(Br)cc(S(=O)(=O)Cl)cc1C(F)(F)F. The van der Waals surface area contributed by atoms with Gasteiger partial charge in [0.2, 0.25) is 0 Å². The summed E-state index contributed by atoms with van der Waals surface area (Å²) in [6, 6.07) is 1.55. The van der Waals surface area contributed by atoms with Crippen molar-refractivity contribution in [3.05, 3.63) is 27.7 Å². The maximum absolute atomic E-state index is 12.5. The third-order valence-corrected chi connectivity index (χ3v) is 4.06. The fourth-order valence-electron chi connectivity index (χ4n) is 1.09. The van der Waals surface area contributed by atoms with Gasteiger partial charge in [0.1, 0.15) is 0 Å². The highest BCUT2D eigenvalue weighted by atomic mass is 79.9. The highest BCUT2D eigenvalue weighted by molar-refractivity contribution is 9.10. The van der Waals surface area contributed by atoms with Gasteiger partial charge in [-0.25, -0.2) is 8.42 Å². The lowest BCUT2D eigenvalue weighted by Gasteiger charge is -2.12. The van der Waals surface area contributed by atoms with E-state index in [1.54, 1.807) is 0 Å². The third-order valence-electron chi connectivity index (χ3n) is 1.90. The summed E-state index contributed by atoms with van der Waals surface area (Å²) in [5.41, 5.74) is -1.11. The molecule has 1 rings (SSSR count). The van der Waals surface area contributed by atoms with Crippen LogP contribution in [0.2, 0.25) is 0 Å². The molecule has 0 unspecified atom stereocenters. The Labute approximate surface area is 103 Å². The molecule has 0 aliphatic rings. The van der Waals surface area contributed by atoms with E-state index < -0.39 is 25.7 Å². The van der Waals surface area contributed by atoms with Gasteiger partial charge in [-0.1, -0.05) is 15.9 Å². The van der Waals surface area contributed by atoms with Gasteiger partial charge in [-0.3, -0.25) is 0 Å². The summed E-state index contributed by atoms with van der Waals surface area (Å²) in [6.45, 7) is 1.23. The zero-order valence-corrected chi connectivity index (χ0v) is 10.9. The van der Waals surface area contributed by atoms with Gasteiger partial charge in [0, 0.05) is 15.2 Å². The number of hydrogen-bond donors (Lipinski definition) is 0. The minimum atomic E-state index is -4.62. The van der Waals surface area contributed by atoms with Crippen LogP contribution in [0.1, 0.15) is 11.1 Å². The summed E-state index contributed by atoms with van der Waals surface area (Å²) >= 11 is 2.86. The van der Waals surface area contributed by atoms with Gasteiger partial charge >= 0.3 is 6.18 Å². The van der Waals surface area contributed by atoms with E-state index in [4.69, 9.17) is 10.7 Å². The lowest BCUT2D eigenvalue weighted by atomic mass is 10.1. The predicted molar refractivity (Wildman–Crippen MR) is 56.9 cm³/mol. The van der Waals surface area contributed by atoms with Crippen molar-refractivity contribution in [3.8, 4) is 0 Å². The Morgan fingerprint density at radius 2 is 1.81 bits per heavy atom. The highest BCUT2D eigenvalue weighted by Crippen LogP contribution is 2.37. The lowest BCUT2D eigenvalue weighted by molar-refractivity contribution is -0.138. The van der Waals surface area contributed by atoms with E-state index in [0.717, 1.165) is 6.07 Å². The van der Waals surface area contributed by atoms with Gasteiger partial charge < -0.3 is 0 Å². The van der Waals surface area contributed by atoms with Crippen LogP contribution in [0.4, 0.5) is 13.2 Å². The standard InChI is InChI=1S/C8H5BrClF3O2S/c1-4-6(8(11,12)13)2-5(3-7(4)9)16(10,14)15/h2-3H,1H3. The molecule has 0 heterocycles. The molecule has 0 bridgehead atoms. The first-order valence-corrected chi connectivity index (χ1v) is 6.95. The van der Waals surface area contributed by atoms with Gasteiger partial charge in [0.15, 0.2) is 0 Å². The molecule has 1 aromatic rings. The van der Waals surface area contributed by atoms with Crippen molar-refractivity contribution in [1.29, 1.82) is 0 Å². The van der Waals surface area contributed by atoms with Gasteiger partial charge in [0.05, 0.1) is 10.5 Å². The highest BCUT2D eigenvalue weighted by Gasteiger charge is 2.34. The van der Waals surface area contributed by atoms with Crippen molar-refractivity contribution in [2.24, 2.45) is 0 Å². The molecule has 0 atom stereocenters. The average molecular weight is 338 g/mol. The molecule has 0 aliphatic heterocycles. The smallest absolute Gasteiger partial charge is 0.207 e. The molecule has 0 saturated heterocycles. The van der Waals surface area contributed by atoms with Crippen LogP contribution in [0.15, 0.2) is 21.5 Å². The van der Waals surface area contributed by atoms with E-state index in [1.807, 2.05) is 0 Å². The van der Waals surface area contributed by atoms with Crippen molar-refractivity contribution in [3.63, 3.8) is 0 Å². The topological polar surface area (TPSA) is 34.1 Å². The first-order valence-electron chi connectivity index (χ1n) is 3.85. The van der Waals surface area contributed by atoms with E-state index >= 15 is 0 Å². The number of hydrogen-bond acceptors (Lipinski definition) is 2. The first kappa shape index (κ1) is 13.8. The van der Waals surface area contributed by atoms with Crippen molar-refractivity contribution in [2.75, 3.05) is 0 Å².